The molecule has 1 heterocycles. The van der Waals surface area contributed by atoms with Crippen LogP contribution in [0, 0.1) is 5.82 Å². The van der Waals surface area contributed by atoms with Gasteiger partial charge in [-0.15, -0.1) is 0 Å². The van der Waals surface area contributed by atoms with Crippen molar-refractivity contribution in [2.45, 2.75) is 23.8 Å². The van der Waals surface area contributed by atoms with E-state index in [1.165, 1.54) is 19.2 Å². The van der Waals surface area contributed by atoms with Crippen LogP contribution in [0.4, 0.5) is 10.1 Å². The molecule has 1 unspecified atom stereocenters. The normalized spacial score (nSPS) is 16.0. The Morgan fingerprint density at radius 3 is 2.38 bits per heavy atom. The van der Waals surface area contributed by atoms with Crippen LogP contribution >= 0.6 is 0 Å². The van der Waals surface area contributed by atoms with Gasteiger partial charge in [0.2, 0.25) is 10.0 Å². The van der Waals surface area contributed by atoms with Gasteiger partial charge in [0.1, 0.15) is 16.5 Å². The molecule has 1 fully saturated rings. The molecule has 0 aliphatic carbocycles. The summed E-state index contributed by atoms with van der Waals surface area (Å²) in [6, 6.07) is 11.5. The highest BCUT2D eigenvalue weighted by Crippen LogP contribution is 2.28. The van der Waals surface area contributed by atoms with E-state index in [1.54, 1.807) is 0 Å². The van der Waals surface area contributed by atoms with Crippen molar-refractivity contribution in [2.24, 2.45) is 0 Å². The van der Waals surface area contributed by atoms with Gasteiger partial charge in [-0.05, 0) is 61.8 Å². The maximum atomic E-state index is 13.7. The van der Waals surface area contributed by atoms with E-state index in [2.05, 4.69) is 9.62 Å². The molecular formula is C21H28FN3O3S. The second-order valence-electron chi connectivity index (χ2n) is 7.39. The van der Waals surface area contributed by atoms with Crippen molar-refractivity contribution in [1.29, 1.82) is 0 Å². The fourth-order valence-corrected chi connectivity index (χ4v) is 4.85. The fourth-order valence-electron chi connectivity index (χ4n) is 3.63. The molecule has 1 N–H and O–H groups in total. The third-order valence-corrected chi connectivity index (χ3v) is 6.70. The van der Waals surface area contributed by atoms with Crippen LogP contribution in [-0.4, -0.2) is 54.2 Å². The number of methoxy groups -OCH3 is 1. The topological polar surface area (TPSA) is 61.9 Å². The molecule has 0 bridgehead atoms. The van der Waals surface area contributed by atoms with Gasteiger partial charge in [-0.2, -0.15) is 0 Å². The Kier molecular flexibility index (Phi) is 6.77. The summed E-state index contributed by atoms with van der Waals surface area (Å²) in [6.07, 6.45) is 2.19. The molecule has 1 saturated heterocycles. The molecule has 0 radical (unpaired) electrons. The lowest BCUT2D eigenvalue weighted by Gasteiger charge is -2.28. The smallest absolute Gasteiger partial charge is 0.244 e. The number of anilines is 1. The number of sulfonamides is 1. The van der Waals surface area contributed by atoms with E-state index < -0.39 is 15.8 Å². The van der Waals surface area contributed by atoms with Crippen LogP contribution < -0.4 is 14.4 Å². The summed E-state index contributed by atoms with van der Waals surface area (Å²) >= 11 is 0. The van der Waals surface area contributed by atoms with Crippen LogP contribution in [-0.2, 0) is 10.0 Å². The van der Waals surface area contributed by atoms with Gasteiger partial charge >= 0.3 is 0 Å². The highest BCUT2D eigenvalue weighted by atomic mass is 32.2. The number of benzene rings is 2. The Balaban J connectivity index is 1.84. The van der Waals surface area contributed by atoms with Gasteiger partial charge in [0.25, 0.3) is 0 Å². The van der Waals surface area contributed by atoms with Crippen molar-refractivity contribution in [3.05, 3.63) is 53.8 Å². The maximum Gasteiger partial charge on any atom is 0.244 e. The number of ether oxygens (including phenoxy) is 1. The molecule has 2 aromatic rings. The number of likely N-dealkylation sites (tertiary alicyclic amines) is 1. The maximum absolute atomic E-state index is 13.7. The molecule has 8 heteroatoms. The quantitative estimate of drug-likeness (QED) is 0.710. The SMILES string of the molecule is COc1ccc(F)cc1S(=O)(=O)NCC(c1ccc(N(C)C)cc1)N1CCCC1. The van der Waals surface area contributed by atoms with Crippen LogP contribution in [0.1, 0.15) is 24.4 Å². The van der Waals surface area contributed by atoms with Crippen LogP contribution in [0.3, 0.4) is 0 Å². The predicted molar refractivity (Wildman–Crippen MR) is 112 cm³/mol. The Labute approximate surface area is 172 Å². The molecule has 2 aromatic carbocycles. The molecule has 0 spiro atoms. The van der Waals surface area contributed by atoms with E-state index in [9.17, 15) is 12.8 Å². The number of nitrogens with zero attached hydrogens (tertiary/aromatic N) is 2. The van der Waals surface area contributed by atoms with E-state index in [4.69, 9.17) is 4.74 Å². The minimum Gasteiger partial charge on any atom is -0.495 e. The van der Waals surface area contributed by atoms with Crippen LogP contribution in [0.25, 0.3) is 0 Å². The van der Waals surface area contributed by atoms with Crippen molar-refractivity contribution in [2.75, 3.05) is 45.7 Å². The number of hydrogen-bond acceptors (Lipinski definition) is 5. The minimum atomic E-state index is -3.93. The van der Waals surface area contributed by atoms with Gasteiger partial charge in [0.05, 0.1) is 7.11 Å². The third-order valence-electron chi connectivity index (χ3n) is 5.26. The van der Waals surface area contributed by atoms with Gasteiger partial charge < -0.3 is 9.64 Å². The van der Waals surface area contributed by atoms with E-state index in [1.807, 2.05) is 43.3 Å². The Hall–Kier alpha value is -2.16. The average molecular weight is 422 g/mol. The van der Waals surface area contributed by atoms with Gasteiger partial charge in [-0.1, -0.05) is 12.1 Å². The lowest BCUT2D eigenvalue weighted by molar-refractivity contribution is 0.246. The van der Waals surface area contributed by atoms with Crippen LogP contribution in [0.15, 0.2) is 47.4 Å². The molecule has 158 valence electrons. The van der Waals surface area contributed by atoms with E-state index in [0.29, 0.717) is 0 Å². The first-order valence-electron chi connectivity index (χ1n) is 9.66. The minimum absolute atomic E-state index is 0.0944. The van der Waals surface area contributed by atoms with Crippen molar-refractivity contribution < 1.29 is 17.5 Å². The fraction of sp³-hybridized carbons (Fsp3) is 0.429. The van der Waals surface area contributed by atoms with Crippen molar-refractivity contribution in [3.8, 4) is 5.75 Å². The number of nitrogens with one attached hydrogen (secondary N) is 1. The van der Waals surface area contributed by atoms with Crippen LogP contribution in [0.5, 0.6) is 5.75 Å². The lowest BCUT2D eigenvalue weighted by Crippen LogP contribution is -2.37. The molecule has 0 aromatic heterocycles. The van der Waals surface area contributed by atoms with E-state index in [0.717, 1.165) is 43.2 Å². The number of hydrogen-bond donors (Lipinski definition) is 1. The molecule has 1 aliphatic heterocycles. The first kappa shape index (κ1) is 21.5. The molecule has 29 heavy (non-hydrogen) atoms. The zero-order valence-electron chi connectivity index (χ0n) is 17.1. The molecule has 6 nitrogen and oxygen atoms in total. The summed E-state index contributed by atoms with van der Waals surface area (Å²) in [7, 11) is 1.40. The van der Waals surface area contributed by atoms with Crippen LogP contribution in [0.2, 0.25) is 0 Å². The molecule has 0 amide bonds. The Morgan fingerprint density at radius 2 is 1.79 bits per heavy atom. The molecule has 0 saturated carbocycles. The summed E-state index contributed by atoms with van der Waals surface area (Å²) in [5.41, 5.74) is 2.13. The third kappa shape index (κ3) is 5.07. The van der Waals surface area contributed by atoms with Gasteiger partial charge in [0.15, 0.2) is 0 Å². The van der Waals surface area contributed by atoms with Crippen molar-refractivity contribution in [3.63, 3.8) is 0 Å². The number of rotatable bonds is 8. The van der Waals surface area contributed by atoms with E-state index in [-0.39, 0.29) is 23.2 Å². The standard InChI is InChI=1S/C21H28FN3O3S/c1-24(2)18-9-6-16(7-10-18)19(25-12-4-5-13-25)15-23-29(26,27)21-14-17(22)8-11-20(21)28-3/h6-11,14,19,23H,4-5,12-13,15H2,1-3H3. The predicted octanol–water partition coefficient (Wildman–Crippen LogP) is 3.02. The highest BCUT2D eigenvalue weighted by molar-refractivity contribution is 7.89. The Bertz CT molecular complexity index is 927. The molecule has 3 rings (SSSR count). The summed E-state index contributed by atoms with van der Waals surface area (Å²) in [6.45, 7) is 2.04. The first-order chi connectivity index (χ1) is 13.8. The largest absolute Gasteiger partial charge is 0.495 e. The molecular weight excluding hydrogens is 393 g/mol. The number of halogens is 1. The Morgan fingerprint density at radius 1 is 1.14 bits per heavy atom. The van der Waals surface area contributed by atoms with Gasteiger partial charge in [-0.25, -0.2) is 17.5 Å². The van der Waals surface area contributed by atoms with Crippen molar-refractivity contribution in [1.82, 2.24) is 9.62 Å². The summed E-state index contributed by atoms with van der Waals surface area (Å²) < 4.78 is 47.2. The zero-order chi connectivity index (χ0) is 21.0. The second-order valence-corrected chi connectivity index (χ2v) is 9.13. The first-order valence-corrected chi connectivity index (χ1v) is 11.1. The summed E-state index contributed by atoms with van der Waals surface area (Å²) in [4.78, 5) is 4.12. The molecule has 1 atom stereocenters. The lowest BCUT2D eigenvalue weighted by atomic mass is 10.1. The van der Waals surface area contributed by atoms with E-state index >= 15 is 0 Å². The summed E-state index contributed by atoms with van der Waals surface area (Å²) in [5, 5.41) is 0. The molecule has 1 aliphatic rings. The average Bonchev–Trinajstić information content (AvgIpc) is 3.23. The highest BCUT2D eigenvalue weighted by Gasteiger charge is 2.27. The zero-order valence-corrected chi connectivity index (χ0v) is 17.9. The van der Waals surface area contributed by atoms with Gasteiger partial charge in [0, 0.05) is 32.4 Å². The second kappa shape index (κ2) is 9.11. The van der Waals surface area contributed by atoms with Crippen molar-refractivity contribution >= 4 is 15.7 Å². The van der Waals surface area contributed by atoms with Gasteiger partial charge in [-0.3, -0.25) is 4.90 Å². The monoisotopic (exact) mass is 421 g/mol. The summed E-state index contributed by atoms with van der Waals surface area (Å²) in [5.74, 6) is -0.506.